The third kappa shape index (κ3) is 8.21. The lowest BCUT2D eigenvalue weighted by Crippen LogP contribution is -2.45. The molecule has 1 aliphatic rings. The van der Waals surface area contributed by atoms with Crippen LogP contribution in [0.4, 0.5) is 5.69 Å². The highest BCUT2D eigenvalue weighted by Crippen LogP contribution is 2.47. The predicted octanol–water partition coefficient (Wildman–Crippen LogP) is 4.75. The van der Waals surface area contributed by atoms with Crippen LogP contribution in [0.3, 0.4) is 0 Å². The Kier molecular flexibility index (Phi) is 9.55. The summed E-state index contributed by atoms with van der Waals surface area (Å²) >= 11 is 15.4. The number of nitrogens with zero attached hydrogens (tertiary/aromatic N) is 2. The number of thiazole rings is 1. The molecule has 0 fully saturated rings. The molecule has 1 aliphatic heterocycles. The molecule has 0 spiro atoms. The van der Waals surface area contributed by atoms with E-state index in [-0.39, 0.29) is 13.0 Å². The van der Waals surface area contributed by atoms with Gasteiger partial charge in [0.05, 0.1) is 27.1 Å². The molecule has 1 aromatic heterocycles. The van der Waals surface area contributed by atoms with Gasteiger partial charge in [0.2, 0.25) is 22.1 Å². The molecule has 15 heteroatoms. The molecule has 0 bridgehead atoms. The summed E-state index contributed by atoms with van der Waals surface area (Å²) in [6.07, 6.45) is 5.52. The molecule has 0 aliphatic carbocycles. The first-order chi connectivity index (χ1) is 18.7. The molecule has 2 heterocycles. The third-order valence-electron chi connectivity index (χ3n) is 5.71. The molecule has 9 nitrogen and oxygen atoms in total. The van der Waals surface area contributed by atoms with Gasteiger partial charge in [0.25, 0.3) is 10.9 Å². The minimum absolute atomic E-state index is 0.226. The van der Waals surface area contributed by atoms with Crippen molar-refractivity contribution in [3.8, 4) is 0 Å². The number of thioether (sulfide) groups is 1. The van der Waals surface area contributed by atoms with Crippen LogP contribution in [-0.2, 0) is 31.5 Å². The van der Waals surface area contributed by atoms with Crippen LogP contribution in [0.1, 0.15) is 24.8 Å². The largest absolute Gasteiger partial charge is 0.748 e. The normalized spacial score (nSPS) is 15.2. The van der Waals surface area contributed by atoms with Crippen LogP contribution in [0, 0.1) is 0 Å². The lowest BCUT2D eigenvalue weighted by Gasteiger charge is -2.21. The Hall–Kier alpha value is -2.13. The molecule has 0 saturated heterocycles. The second-order valence-electron chi connectivity index (χ2n) is 9.14. The highest BCUT2D eigenvalue weighted by Gasteiger charge is 2.27. The number of rotatable bonds is 10. The quantitative estimate of drug-likeness (QED) is 0.187. The van der Waals surface area contributed by atoms with Gasteiger partial charge >= 0.3 is 0 Å². The zero-order chi connectivity index (χ0) is 29.2. The van der Waals surface area contributed by atoms with Crippen molar-refractivity contribution in [2.75, 3.05) is 23.5 Å². The Balaban J connectivity index is 1.67. The topological polar surface area (TPSA) is 128 Å². The number of nitrogens with one attached hydrogen (secondary N) is 1. The fourth-order valence-corrected chi connectivity index (χ4v) is 7.82. The van der Waals surface area contributed by atoms with Gasteiger partial charge in [0, 0.05) is 39.4 Å². The zero-order valence-corrected chi connectivity index (χ0v) is 26.2. The summed E-state index contributed by atoms with van der Waals surface area (Å²) in [4.78, 5) is 15.5. The first kappa shape index (κ1) is 30.8. The van der Waals surface area contributed by atoms with Crippen LogP contribution in [0.25, 0.3) is 16.3 Å². The highest BCUT2D eigenvalue weighted by molar-refractivity contribution is 8.03. The van der Waals surface area contributed by atoms with E-state index in [1.807, 2.05) is 46.9 Å². The van der Waals surface area contributed by atoms with Gasteiger partial charge < -0.3 is 9.45 Å². The van der Waals surface area contributed by atoms with Crippen molar-refractivity contribution in [1.82, 2.24) is 4.72 Å². The number of sulfonamides is 1. The number of fused-ring (bicyclic) bond motifs is 2. The summed E-state index contributed by atoms with van der Waals surface area (Å²) in [6.45, 7) is 2.17. The van der Waals surface area contributed by atoms with E-state index in [1.165, 1.54) is 23.1 Å². The number of amides is 1. The Morgan fingerprint density at radius 3 is 2.50 bits per heavy atom. The van der Waals surface area contributed by atoms with Crippen molar-refractivity contribution in [2.24, 2.45) is 0 Å². The Morgan fingerprint density at radius 2 is 1.80 bits per heavy atom. The van der Waals surface area contributed by atoms with Crippen LogP contribution in [0.15, 0.2) is 58.0 Å². The molecule has 1 amide bonds. The number of anilines is 1. The average molecular weight is 663 g/mol. The molecule has 3 aromatic rings. The van der Waals surface area contributed by atoms with Crippen molar-refractivity contribution in [1.29, 1.82) is 0 Å². The summed E-state index contributed by atoms with van der Waals surface area (Å²) in [6, 6.07) is 10.9. The van der Waals surface area contributed by atoms with Crippen molar-refractivity contribution >= 4 is 94.3 Å². The Morgan fingerprint density at radius 1 is 1.10 bits per heavy atom. The standard InChI is InChI=1S/C25H25Cl2N3O6S4/c1-16(11-24-29(9-3-4-10-40(34,35)36)19-13-17(26)5-7-21(19)37-24)12-25-30(15-23(31)28-39(2,32)33)20-14-18(27)6-8-22(20)38-25/h5-8,11-14H,3-4,9-10,15H2,1-2H3,(H-,28,31,34,35,36). The summed E-state index contributed by atoms with van der Waals surface area (Å²) < 4.78 is 60.9. The maximum absolute atomic E-state index is 12.5. The van der Waals surface area contributed by atoms with Crippen LogP contribution in [-0.4, -0.2) is 45.8 Å². The SMILES string of the molecule is CC(/C=C1\Sc2ccc(Cl)cc2N1CCCCS(=O)(=O)[O-])=C\c1sc2ccc(Cl)cc2[n+]1CC(=O)NS(C)(=O)=O. The summed E-state index contributed by atoms with van der Waals surface area (Å²) in [5, 5.41) is 2.65. The number of halogens is 2. The molecule has 1 N–H and O–H groups in total. The maximum atomic E-state index is 12.5. The number of hydrogen-bond donors (Lipinski definition) is 1. The molecule has 214 valence electrons. The molecule has 2 aromatic carbocycles. The van der Waals surface area contributed by atoms with Crippen LogP contribution in [0.2, 0.25) is 10.0 Å². The number of hydrogen-bond acceptors (Lipinski definition) is 9. The van der Waals surface area contributed by atoms with Crippen molar-refractivity contribution < 1.29 is 30.7 Å². The van der Waals surface area contributed by atoms with Gasteiger partial charge in [-0.3, -0.25) is 4.79 Å². The number of unbranched alkanes of at least 4 members (excludes halogenated alkanes) is 1. The fraction of sp³-hybridized carbons (Fsp3) is 0.280. The minimum Gasteiger partial charge on any atom is -0.748 e. The third-order valence-corrected chi connectivity index (χ3v) is 9.80. The van der Waals surface area contributed by atoms with E-state index in [0.717, 1.165) is 32.1 Å². The summed E-state index contributed by atoms with van der Waals surface area (Å²) in [5.74, 6) is -1.10. The van der Waals surface area contributed by atoms with Crippen LogP contribution in [0.5, 0.6) is 0 Å². The number of aromatic nitrogens is 1. The number of benzene rings is 2. The first-order valence-electron chi connectivity index (χ1n) is 11.9. The monoisotopic (exact) mass is 661 g/mol. The van der Waals surface area contributed by atoms with Crippen LogP contribution < -0.4 is 14.2 Å². The highest BCUT2D eigenvalue weighted by atomic mass is 35.5. The van der Waals surface area contributed by atoms with E-state index >= 15 is 0 Å². The van der Waals surface area contributed by atoms with E-state index < -0.39 is 31.8 Å². The second kappa shape index (κ2) is 12.4. The van der Waals surface area contributed by atoms with Gasteiger partial charge in [-0.15, -0.1) is 0 Å². The molecule has 4 rings (SSSR count). The second-order valence-corrected chi connectivity index (χ2v) is 15.4. The number of carbonyl (C=O) groups excluding carboxylic acids is 1. The first-order valence-corrected chi connectivity index (χ1v) is 17.8. The molecular weight excluding hydrogens is 637 g/mol. The molecule has 0 radical (unpaired) electrons. The van der Waals surface area contributed by atoms with Gasteiger partial charge in [-0.05, 0) is 61.7 Å². The number of carbonyl (C=O) groups is 1. The van der Waals surface area contributed by atoms with E-state index in [2.05, 4.69) is 0 Å². The van der Waals surface area contributed by atoms with Gasteiger partial charge in [0.15, 0.2) is 0 Å². The van der Waals surface area contributed by atoms with E-state index in [1.54, 1.807) is 22.8 Å². The van der Waals surface area contributed by atoms with Gasteiger partial charge in [-0.2, -0.15) is 4.57 Å². The van der Waals surface area contributed by atoms with Crippen molar-refractivity contribution in [2.45, 2.75) is 31.2 Å². The zero-order valence-electron chi connectivity index (χ0n) is 21.4. The predicted molar refractivity (Wildman–Crippen MR) is 160 cm³/mol. The van der Waals surface area contributed by atoms with Crippen molar-refractivity contribution in [3.05, 3.63) is 68.1 Å². The maximum Gasteiger partial charge on any atom is 0.299 e. The van der Waals surface area contributed by atoms with E-state index in [0.29, 0.717) is 33.5 Å². The lowest BCUT2D eigenvalue weighted by molar-refractivity contribution is -0.655. The Labute approximate surface area is 251 Å². The molecular formula is C25H25Cl2N3O6S4. The molecule has 0 atom stereocenters. The van der Waals surface area contributed by atoms with E-state index in [9.17, 15) is 26.2 Å². The van der Waals surface area contributed by atoms with Gasteiger partial charge in [-0.25, -0.2) is 21.6 Å². The number of allylic oxidation sites excluding steroid dienone is 2. The summed E-state index contributed by atoms with van der Waals surface area (Å²) in [7, 11) is -8.00. The molecule has 0 unspecified atom stereocenters. The summed E-state index contributed by atoms with van der Waals surface area (Å²) in [5.41, 5.74) is 2.44. The lowest BCUT2D eigenvalue weighted by atomic mass is 10.2. The van der Waals surface area contributed by atoms with Crippen molar-refractivity contribution in [3.63, 3.8) is 0 Å². The van der Waals surface area contributed by atoms with E-state index in [4.69, 9.17) is 23.2 Å². The molecule has 0 saturated carbocycles. The van der Waals surface area contributed by atoms with Gasteiger partial charge in [0.1, 0.15) is 4.70 Å². The minimum atomic E-state index is -4.28. The van der Waals surface area contributed by atoms with Gasteiger partial charge in [-0.1, -0.05) is 46.3 Å². The average Bonchev–Trinajstić information content (AvgIpc) is 3.31. The smallest absolute Gasteiger partial charge is 0.299 e. The Bertz CT molecular complexity index is 1750. The van der Waals surface area contributed by atoms with Crippen LogP contribution >= 0.6 is 46.3 Å². The molecule has 40 heavy (non-hydrogen) atoms. The fourth-order valence-electron chi connectivity index (χ4n) is 4.12.